The number of rotatable bonds is 4. The van der Waals surface area contributed by atoms with Crippen LogP contribution in [0.5, 0.6) is 11.5 Å². The molecule has 2 rings (SSSR count). The van der Waals surface area contributed by atoms with Crippen LogP contribution in [0, 0.1) is 5.82 Å². The minimum Gasteiger partial charge on any atom is -0.497 e. The van der Waals surface area contributed by atoms with Crippen LogP contribution in [0.1, 0.15) is 0 Å². The first kappa shape index (κ1) is 13.0. The number of methoxy groups -OCH3 is 2. The number of nitrogens with one attached hydrogen (secondary N) is 1. The van der Waals surface area contributed by atoms with Gasteiger partial charge in [-0.2, -0.15) is 0 Å². The standard InChI is InChI=1S/C14H15FN2O2/c1-18-12-7-10(16)6-11(8-12)17-13-4-3-9(15)5-14(13)19-2/h3-8,17H,16H2,1-2H3. The third-order valence-electron chi connectivity index (χ3n) is 2.61. The highest BCUT2D eigenvalue weighted by Crippen LogP contribution is 2.30. The summed E-state index contributed by atoms with van der Waals surface area (Å²) in [6.07, 6.45) is 0. The number of halogens is 1. The largest absolute Gasteiger partial charge is 0.497 e. The number of ether oxygens (including phenoxy) is 2. The molecule has 3 N–H and O–H groups in total. The van der Waals surface area contributed by atoms with Crippen molar-refractivity contribution in [3.8, 4) is 11.5 Å². The Bertz CT molecular complexity index is 588. The van der Waals surface area contributed by atoms with Crippen molar-refractivity contribution in [2.45, 2.75) is 0 Å². The van der Waals surface area contributed by atoms with Gasteiger partial charge in [-0.25, -0.2) is 4.39 Å². The molecule has 0 aliphatic rings. The summed E-state index contributed by atoms with van der Waals surface area (Å²) in [4.78, 5) is 0. The van der Waals surface area contributed by atoms with E-state index in [-0.39, 0.29) is 5.82 Å². The molecule has 100 valence electrons. The molecule has 2 aromatic carbocycles. The van der Waals surface area contributed by atoms with E-state index in [1.54, 1.807) is 31.4 Å². The van der Waals surface area contributed by atoms with Gasteiger partial charge in [-0.15, -0.1) is 0 Å². The molecule has 5 heteroatoms. The van der Waals surface area contributed by atoms with E-state index in [9.17, 15) is 4.39 Å². The van der Waals surface area contributed by atoms with E-state index in [0.717, 1.165) is 5.69 Å². The van der Waals surface area contributed by atoms with E-state index < -0.39 is 0 Å². The average Bonchev–Trinajstić information content (AvgIpc) is 2.40. The lowest BCUT2D eigenvalue weighted by molar-refractivity contribution is 0.413. The summed E-state index contributed by atoms with van der Waals surface area (Å²) in [7, 11) is 3.05. The number of nitrogens with two attached hydrogens (primary N) is 1. The zero-order valence-electron chi connectivity index (χ0n) is 10.7. The minimum absolute atomic E-state index is 0.354. The maximum atomic E-state index is 13.1. The van der Waals surface area contributed by atoms with Crippen molar-refractivity contribution in [1.29, 1.82) is 0 Å². The first-order valence-corrected chi connectivity index (χ1v) is 5.67. The van der Waals surface area contributed by atoms with Gasteiger partial charge >= 0.3 is 0 Å². The van der Waals surface area contributed by atoms with Gasteiger partial charge in [-0.3, -0.25) is 0 Å². The Morgan fingerprint density at radius 2 is 1.84 bits per heavy atom. The second-order valence-electron chi connectivity index (χ2n) is 3.96. The number of hydrogen-bond acceptors (Lipinski definition) is 4. The van der Waals surface area contributed by atoms with E-state index in [0.29, 0.717) is 22.9 Å². The molecular formula is C14H15FN2O2. The zero-order chi connectivity index (χ0) is 13.8. The molecule has 0 saturated heterocycles. The highest BCUT2D eigenvalue weighted by atomic mass is 19.1. The van der Waals surface area contributed by atoms with E-state index in [2.05, 4.69) is 5.32 Å². The van der Waals surface area contributed by atoms with E-state index in [4.69, 9.17) is 15.2 Å². The number of nitrogen functional groups attached to an aromatic ring is 1. The van der Waals surface area contributed by atoms with Crippen LogP contribution >= 0.6 is 0 Å². The van der Waals surface area contributed by atoms with Crippen LogP contribution in [-0.2, 0) is 0 Å². The molecule has 0 heterocycles. The molecule has 0 spiro atoms. The lowest BCUT2D eigenvalue weighted by Gasteiger charge is -2.12. The van der Waals surface area contributed by atoms with Crippen molar-refractivity contribution < 1.29 is 13.9 Å². The Kier molecular flexibility index (Phi) is 3.75. The number of benzene rings is 2. The molecular weight excluding hydrogens is 247 g/mol. The second kappa shape index (κ2) is 5.48. The van der Waals surface area contributed by atoms with Crippen molar-refractivity contribution in [3.63, 3.8) is 0 Å². The Balaban J connectivity index is 2.33. The van der Waals surface area contributed by atoms with Crippen LogP contribution in [0.25, 0.3) is 0 Å². The minimum atomic E-state index is -0.354. The molecule has 19 heavy (non-hydrogen) atoms. The summed E-state index contributed by atoms with van der Waals surface area (Å²) in [6.45, 7) is 0. The SMILES string of the molecule is COc1cc(N)cc(Nc2ccc(F)cc2OC)c1. The summed E-state index contributed by atoms with van der Waals surface area (Å²) in [6, 6.07) is 9.53. The lowest BCUT2D eigenvalue weighted by Crippen LogP contribution is -1.97. The van der Waals surface area contributed by atoms with Crippen molar-refractivity contribution in [3.05, 3.63) is 42.2 Å². The van der Waals surface area contributed by atoms with Gasteiger partial charge in [0.2, 0.25) is 0 Å². The fourth-order valence-electron chi connectivity index (χ4n) is 1.74. The highest BCUT2D eigenvalue weighted by Gasteiger charge is 2.06. The highest BCUT2D eigenvalue weighted by molar-refractivity contribution is 5.70. The van der Waals surface area contributed by atoms with Gasteiger partial charge in [0.05, 0.1) is 19.9 Å². The van der Waals surface area contributed by atoms with Crippen molar-refractivity contribution in [2.24, 2.45) is 0 Å². The Morgan fingerprint density at radius 1 is 1.05 bits per heavy atom. The summed E-state index contributed by atoms with van der Waals surface area (Å²) in [5, 5.41) is 3.11. The van der Waals surface area contributed by atoms with Crippen LogP contribution in [0.3, 0.4) is 0 Å². The summed E-state index contributed by atoms with van der Waals surface area (Å²) in [5.41, 5.74) is 7.73. The molecule has 4 nitrogen and oxygen atoms in total. The molecule has 0 aromatic heterocycles. The average molecular weight is 262 g/mol. The Labute approximate surface area is 111 Å². The van der Waals surface area contributed by atoms with Crippen molar-refractivity contribution >= 4 is 17.1 Å². The van der Waals surface area contributed by atoms with Crippen molar-refractivity contribution in [2.75, 3.05) is 25.3 Å². The monoisotopic (exact) mass is 262 g/mol. The smallest absolute Gasteiger partial charge is 0.145 e. The van der Waals surface area contributed by atoms with Crippen molar-refractivity contribution in [1.82, 2.24) is 0 Å². The predicted octanol–water partition coefficient (Wildman–Crippen LogP) is 3.17. The maximum Gasteiger partial charge on any atom is 0.145 e. The topological polar surface area (TPSA) is 56.5 Å². The van der Waals surface area contributed by atoms with Gasteiger partial charge in [0, 0.05) is 29.6 Å². The molecule has 0 fully saturated rings. The molecule has 0 unspecified atom stereocenters. The lowest BCUT2D eigenvalue weighted by atomic mass is 10.2. The molecule has 0 aliphatic carbocycles. The molecule has 0 amide bonds. The van der Waals surface area contributed by atoms with Gasteiger partial charge in [0.25, 0.3) is 0 Å². The van der Waals surface area contributed by atoms with Crippen LogP contribution in [0.4, 0.5) is 21.5 Å². The zero-order valence-corrected chi connectivity index (χ0v) is 10.7. The molecule has 0 aliphatic heterocycles. The quantitative estimate of drug-likeness (QED) is 0.831. The summed E-state index contributed by atoms with van der Waals surface area (Å²) in [5.74, 6) is 0.706. The summed E-state index contributed by atoms with van der Waals surface area (Å²) < 4.78 is 23.4. The van der Waals surface area contributed by atoms with Crippen LogP contribution < -0.4 is 20.5 Å². The van der Waals surface area contributed by atoms with Gasteiger partial charge in [-0.1, -0.05) is 0 Å². The first-order valence-electron chi connectivity index (χ1n) is 5.67. The molecule has 0 radical (unpaired) electrons. The van der Waals surface area contributed by atoms with Crippen LogP contribution in [0.15, 0.2) is 36.4 Å². The molecule has 0 atom stereocenters. The summed E-state index contributed by atoms with van der Waals surface area (Å²) >= 11 is 0. The van der Waals surface area contributed by atoms with Gasteiger partial charge < -0.3 is 20.5 Å². The number of hydrogen-bond donors (Lipinski definition) is 2. The third kappa shape index (κ3) is 3.07. The maximum absolute atomic E-state index is 13.1. The molecule has 2 aromatic rings. The van der Waals surface area contributed by atoms with E-state index in [1.165, 1.54) is 19.2 Å². The first-order chi connectivity index (χ1) is 9.12. The van der Waals surface area contributed by atoms with Crippen LogP contribution in [0.2, 0.25) is 0 Å². The van der Waals surface area contributed by atoms with E-state index >= 15 is 0 Å². The van der Waals surface area contributed by atoms with Crippen LogP contribution in [-0.4, -0.2) is 14.2 Å². The molecule has 0 saturated carbocycles. The fourth-order valence-corrected chi connectivity index (χ4v) is 1.74. The normalized spacial score (nSPS) is 10.1. The van der Waals surface area contributed by atoms with E-state index in [1.807, 2.05) is 0 Å². The number of anilines is 3. The van der Waals surface area contributed by atoms with Gasteiger partial charge in [0.1, 0.15) is 17.3 Å². The third-order valence-corrected chi connectivity index (χ3v) is 2.61. The second-order valence-corrected chi connectivity index (χ2v) is 3.96. The van der Waals surface area contributed by atoms with Gasteiger partial charge in [0.15, 0.2) is 0 Å². The molecule has 0 bridgehead atoms. The fraction of sp³-hybridized carbons (Fsp3) is 0.143. The predicted molar refractivity (Wildman–Crippen MR) is 73.6 cm³/mol. The Morgan fingerprint density at radius 3 is 2.53 bits per heavy atom. The Hall–Kier alpha value is -2.43. The van der Waals surface area contributed by atoms with Gasteiger partial charge in [-0.05, 0) is 18.2 Å².